The van der Waals surface area contributed by atoms with Crippen molar-refractivity contribution in [3.05, 3.63) is 108 Å². The summed E-state index contributed by atoms with van der Waals surface area (Å²) in [5, 5.41) is 3.86. The van der Waals surface area contributed by atoms with Gasteiger partial charge in [-0.3, -0.25) is 4.98 Å². The number of hydrogen-bond acceptors (Lipinski definition) is 3. The van der Waals surface area contributed by atoms with Gasteiger partial charge in [0.1, 0.15) is 5.76 Å². The number of alkyl halides is 3. The van der Waals surface area contributed by atoms with E-state index in [4.69, 9.17) is 16.6 Å². The first-order valence-corrected chi connectivity index (χ1v) is 10.7. The van der Waals surface area contributed by atoms with Gasteiger partial charge in [0, 0.05) is 23.8 Å². The summed E-state index contributed by atoms with van der Waals surface area (Å²) in [4.78, 5) is 6.48. The number of aromatic nitrogens is 2. The van der Waals surface area contributed by atoms with Crippen molar-refractivity contribution in [1.29, 1.82) is 0 Å². The summed E-state index contributed by atoms with van der Waals surface area (Å²) >= 11 is 5.66. The van der Waals surface area contributed by atoms with Crippen molar-refractivity contribution < 1.29 is 17.6 Å². The highest BCUT2D eigenvalue weighted by atomic mass is 32.1. The molecule has 0 spiro atoms. The molecular formula is C24H19F3N4OS. The standard InChI is InChI=1S/C24H19F3N4OS/c25-24(26,27)16-6-3-7-17(14-16)30-12-4-10-20(30)22-21(19-9-1-2-11-28-19)29-23(33)31(22)15-18-8-5-13-32-18/h1-14,21-22H,15H2,(H,29,33)/t21-,22-/m0/s1. The molecule has 1 N–H and O–H groups in total. The van der Waals surface area contributed by atoms with E-state index >= 15 is 0 Å². The molecule has 33 heavy (non-hydrogen) atoms. The smallest absolute Gasteiger partial charge is 0.416 e. The van der Waals surface area contributed by atoms with Gasteiger partial charge in [-0.2, -0.15) is 13.2 Å². The first-order chi connectivity index (χ1) is 15.9. The van der Waals surface area contributed by atoms with Crippen LogP contribution >= 0.6 is 12.2 Å². The van der Waals surface area contributed by atoms with Gasteiger partial charge in [0.25, 0.3) is 0 Å². The van der Waals surface area contributed by atoms with Crippen molar-refractivity contribution in [2.24, 2.45) is 0 Å². The molecule has 168 valence electrons. The maximum Gasteiger partial charge on any atom is 0.416 e. The van der Waals surface area contributed by atoms with Gasteiger partial charge in [0.05, 0.1) is 36.1 Å². The third-order valence-electron chi connectivity index (χ3n) is 5.64. The van der Waals surface area contributed by atoms with Crippen LogP contribution in [0.3, 0.4) is 0 Å². The molecule has 5 rings (SSSR count). The van der Waals surface area contributed by atoms with Crippen molar-refractivity contribution in [1.82, 2.24) is 19.8 Å². The highest BCUT2D eigenvalue weighted by Gasteiger charge is 2.41. The lowest BCUT2D eigenvalue weighted by Crippen LogP contribution is -2.29. The molecule has 3 aromatic heterocycles. The van der Waals surface area contributed by atoms with E-state index in [1.165, 1.54) is 6.07 Å². The van der Waals surface area contributed by atoms with Crippen LogP contribution in [-0.4, -0.2) is 19.6 Å². The Hall–Kier alpha value is -3.59. The first kappa shape index (κ1) is 21.3. The molecule has 1 fully saturated rings. The Morgan fingerprint density at radius 2 is 1.91 bits per heavy atom. The normalized spacial score (nSPS) is 18.5. The Morgan fingerprint density at radius 3 is 2.64 bits per heavy atom. The molecular weight excluding hydrogens is 449 g/mol. The number of furan rings is 1. The van der Waals surface area contributed by atoms with E-state index < -0.39 is 11.7 Å². The minimum absolute atomic E-state index is 0.298. The fourth-order valence-electron chi connectivity index (χ4n) is 4.17. The van der Waals surface area contributed by atoms with Gasteiger partial charge in [-0.25, -0.2) is 0 Å². The quantitative estimate of drug-likeness (QED) is 0.383. The van der Waals surface area contributed by atoms with E-state index in [1.807, 2.05) is 41.3 Å². The molecule has 0 aliphatic carbocycles. The highest BCUT2D eigenvalue weighted by molar-refractivity contribution is 7.80. The van der Waals surface area contributed by atoms with Crippen LogP contribution < -0.4 is 5.32 Å². The van der Waals surface area contributed by atoms with Gasteiger partial charge in [-0.1, -0.05) is 12.1 Å². The van der Waals surface area contributed by atoms with E-state index in [1.54, 1.807) is 35.4 Å². The molecule has 1 aromatic carbocycles. The summed E-state index contributed by atoms with van der Waals surface area (Å²) < 4.78 is 47.4. The van der Waals surface area contributed by atoms with Gasteiger partial charge in [0.15, 0.2) is 5.11 Å². The third kappa shape index (κ3) is 4.11. The topological polar surface area (TPSA) is 46.2 Å². The predicted octanol–water partition coefficient (Wildman–Crippen LogP) is 5.66. The molecule has 0 amide bonds. The number of pyridine rings is 1. The molecule has 1 saturated heterocycles. The lowest BCUT2D eigenvalue weighted by Gasteiger charge is -2.28. The zero-order valence-electron chi connectivity index (χ0n) is 17.2. The second-order valence-electron chi connectivity index (χ2n) is 7.69. The number of thiocarbonyl (C=S) groups is 1. The Balaban J connectivity index is 1.60. The van der Waals surface area contributed by atoms with Crippen molar-refractivity contribution in [2.75, 3.05) is 0 Å². The van der Waals surface area contributed by atoms with E-state index in [0.29, 0.717) is 17.3 Å². The summed E-state index contributed by atoms with van der Waals surface area (Å²) in [6, 6.07) is 17.7. The molecule has 0 bridgehead atoms. The highest BCUT2D eigenvalue weighted by Crippen LogP contribution is 2.41. The Kier molecular flexibility index (Phi) is 5.41. The van der Waals surface area contributed by atoms with Gasteiger partial charge in [-0.05, 0) is 66.8 Å². The van der Waals surface area contributed by atoms with Crippen molar-refractivity contribution >= 4 is 17.3 Å². The molecule has 4 aromatic rings. The summed E-state index contributed by atoms with van der Waals surface area (Å²) in [5.41, 5.74) is 1.28. The number of nitrogens with zero attached hydrogens (tertiary/aromatic N) is 3. The summed E-state index contributed by atoms with van der Waals surface area (Å²) in [5.74, 6) is 0.725. The van der Waals surface area contributed by atoms with Crippen LogP contribution in [0, 0.1) is 0 Å². The number of halogens is 3. The number of hydrogen-bond donors (Lipinski definition) is 1. The Labute approximate surface area is 193 Å². The lowest BCUT2D eigenvalue weighted by atomic mass is 10.0. The average molecular weight is 469 g/mol. The average Bonchev–Trinajstić information content (AvgIpc) is 3.55. The molecule has 5 nitrogen and oxygen atoms in total. The maximum absolute atomic E-state index is 13.4. The predicted molar refractivity (Wildman–Crippen MR) is 120 cm³/mol. The van der Waals surface area contributed by atoms with Gasteiger partial charge >= 0.3 is 6.18 Å². The second-order valence-corrected chi connectivity index (χ2v) is 8.07. The van der Waals surface area contributed by atoms with Crippen LogP contribution in [0.4, 0.5) is 13.2 Å². The van der Waals surface area contributed by atoms with E-state index in [9.17, 15) is 13.2 Å². The van der Waals surface area contributed by atoms with Crippen LogP contribution in [0.2, 0.25) is 0 Å². The first-order valence-electron chi connectivity index (χ1n) is 10.3. The van der Waals surface area contributed by atoms with Crippen LogP contribution in [0.5, 0.6) is 0 Å². The molecule has 0 saturated carbocycles. The SMILES string of the molecule is FC(F)(F)c1cccc(-n2cccc2[C@H]2[C@H](c3ccccn3)NC(=S)N2Cc2ccco2)c1. The van der Waals surface area contributed by atoms with Crippen LogP contribution in [0.15, 0.2) is 89.8 Å². The monoisotopic (exact) mass is 468 g/mol. The maximum atomic E-state index is 13.4. The van der Waals surface area contributed by atoms with E-state index in [0.717, 1.165) is 29.3 Å². The molecule has 4 heterocycles. The van der Waals surface area contributed by atoms with E-state index in [-0.39, 0.29) is 12.1 Å². The number of rotatable bonds is 5. The molecule has 2 atom stereocenters. The van der Waals surface area contributed by atoms with Crippen molar-refractivity contribution in [2.45, 2.75) is 24.8 Å². The van der Waals surface area contributed by atoms with Crippen LogP contribution in [0.25, 0.3) is 5.69 Å². The minimum atomic E-state index is -4.43. The molecule has 0 unspecified atom stereocenters. The van der Waals surface area contributed by atoms with Crippen molar-refractivity contribution in [3.8, 4) is 5.69 Å². The summed E-state index contributed by atoms with van der Waals surface area (Å²) in [7, 11) is 0. The van der Waals surface area contributed by atoms with Crippen molar-refractivity contribution in [3.63, 3.8) is 0 Å². The molecule has 1 aliphatic heterocycles. The zero-order valence-corrected chi connectivity index (χ0v) is 18.1. The van der Waals surface area contributed by atoms with Crippen LogP contribution in [-0.2, 0) is 12.7 Å². The molecule has 9 heteroatoms. The minimum Gasteiger partial charge on any atom is -0.467 e. The van der Waals surface area contributed by atoms with E-state index in [2.05, 4.69) is 10.3 Å². The van der Waals surface area contributed by atoms with Gasteiger partial charge in [-0.15, -0.1) is 0 Å². The summed E-state index contributed by atoms with van der Waals surface area (Å²) in [6.07, 6.45) is 0.630. The van der Waals surface area contributed by atoms with Gasteiger partial charge in [0.2, 0.25) is 0 Å². The lowest BCUT2D eigenvalue weighted by molar-refractivity contribution is -0.137. The Morgan fingerprint density at radius 1 is 1.03 bits per heavy atom. The fraction of sp³-hybridized carbons (Fsp3) is 0.167. The van der Waals surface area contributed by atoms with Gasteiger partial charge < -0.3 is 19.2 Å². The largest absolute Gasteiger partial charge is 0.467 e. The fourth-order valence-corrected chi connectivity index (χ4v) is 4.48. The molecule has 0 radical (unpaired) electrons. The summed E-state index contributed by atoms with van der Waals surface area (Å²) in [6.45, 7) is 0.403. The second kappa shape index (κ2) is 8.40. The molecule has 1 aliphatic rings. The van der Waals surface area contributed by atoms with Crippen LogP contribution in [0.1, 0.15) is 34.8 Å². The Bertz CT molecular complexity index is 1250. The zero-order chi connectivity index (χ0) is 23.0. The number of nitrogens with one attached hydrogen (secondary N) is 1. The number of benzene rings is 1. The third-order valence-corrected chi connectivity index (χ3v) is 5.99.